The van der Waals surface area contributed by atoms with Crippen LogP contribution < -0.4 is 10.1 Å². The summed E-state index contributed by atoms with van der Waals surface area (Å²) in [5.74, 6) is 0.398. The Hall–Kier alpha value is -2.43. The van der Waals surface area contributed by atoms with Crippen molar-refractivity contribution < 1.29 is 9.53 Å². The number of nitrogens with zero attached hydrogens (tertiary/aromatic N) is 2. The zero-order valence-corrected chi connectivity index (χ0v) is 11.5. The first-order valence-electron chi connectivity index (χ1n) is 6.45. The average Bonchev–Trinajstić information content (AvgIpc) is 2.53. The molecule has 0 aliphatic carbocycles. The van der Waals surface area contributed by atoms with Gasteiger partial charge in [-0.2, -0.15) is 0 Å². The quantitative estimate of drug-likeness (QED) is 0.906. The van der Waals surface area contributed by atoms with Crippen LogP contribution in [-0.2, 0) is 0 Å². The van der Waals surface area contributed by atoms with Crippen LogP contribution >= 0.6 is 0 Å². The maximum atomic E-state index is 12.2. The zero-order chi connectivity index (χ0) is 14.4. The molecule has 2 aromatic rings. The average molecular weight is 271 g/mol. The SMILES string of the molecule is CCC(NC(=O)c1cc(OC)ccn1)c1ccncc1. The van der Waals surface area contributed by atoms with E-state index in [1.54, 1.807) is 37.8 Å². The molecule has 5 nitrogen and oxygen atoms in total. The van der Waals surface area contributed by atoms with E-state index in [0.29, 0.717) is 11.4 Å². The Bertz CT molecular complexity index is 572. The van der Waals surface area contributed by atoms with Crippen LogP contribution in [0.1, 0.15) is 35.4 Å². The van der Waals surface area contributed by atoms with Crippen LogP contribution in [0.15, 0.2) is 42.9 Å². The number of carbonyl (C=O) groups excluding carboxylic acids is 1. The van der Waals surface area contributed by atoms with Gasteiger partial charge in [0.25, 0.3) is 5.91 Å². The standard InChI is InChI=1S/C15H17N3O2/c1-3-13(11-4-7-16-8-5-11)18-15(19)14-10-12(20-2)6-9-17-14/h4-10,13H,3H2,1-2H3,(H,18,19). The first-order chi connectivity index (χ1) is 9.74. The van der Waals surface area contributed by atoms with Gasteiger partial charge >= 0.3 is 0 Å². The maximum absolute atomic E-state index is 12.2. The first kappa shape index (κ1) is 14.0. The van der Waals surface area contributed by atoms with E-state index >= 15 is 0 Å². The van der Waals surface area contributed by atoms with Gasteiger partial charge in [-0.25, -0.2) is 0 Å². The maximum Gasteiger partial charge on any atom is 0.270 e. The number of ether oxygens (including phenoxy) is 1. The molecule has 2 rings (SSSR count). The summed E-state index contributed by atoms with van der Waals surface area (Å²) in [6.07, 6.45) is 5.78. The van der Waals surface area contributed by atoms with Crippen molar-refractivity contribution >= 4 is 5.91 Å². The van der Waals surface area contributed by atoms with Crippen LogP contribution in [0.4, 0.5) is 0 Å². The number of pyridine rings is 2. The van der Waals surface area contributed by atoms with E-state index in [9.17, 15) is 4.79 Å². The zero-order valence-electron chi connectivity index (χ0n) is 11.5. The molecule has 104 valence electrons. The molecule has 0 saturated carbocycles. The van der Waals surface area contributed by atoms with E-state index in [-0.39, 0.29) is 11.9 Å². The van der Waals surface area contributed by atoms with Crippen molar-refractivity contribution in [2.24, 2.45) is 0 Å². The normalized spacial score (nSPS) is 11.7. The second-order valence-electron chi connectivity index (χ2n) is 4.30. The molecule has 0 saturated heterocycles. The molecule has 1 N–H and O–H groups in total. The molecule has 1 amide bonds. The summed E-state index contributed by atoms with van der Waals surface area (Å²) in [6.45, 7) is 2.02. The van der Waals surface area contributed by atoms with Crippen LogP contribution in [0, 0.1) is 0 Å². The lowest BCUT2D eigenvalue weighted by atomic mass is 10.1. The monoisotopic (exact) mass is 271 g/mol. The van der Waals surface area contributed by atoms with Crippen LogP contribution in [0.2, 0.25) is 0 Å². The summed E-state index contributed by atoms with van der Waals surface area (Å²) in [4.78, 5) is 20.3. The third-order valence-electron chi connectivity index (χ3n) is 3.02. The number of aromatic nitrogens is 2. The summed E-state index contributed by atoms with van der Waals surface area (Å²) >= 11 is 0. The van der Waals surface area contributed by atoms with Crippen molar-refractivity contribution in [1.82, 2.24) is 15.3 Å². The van der Waals surface area contributed by atoms with Crippen LogP contribution in [0.3, 0.4) is 0 Å². The minimum absolute atomic E-state index is 0.0569. The first-order valence-corrected chi connectivity index (χ1v) is 6.45. The van der Waals surface area contributed by atoms with Gasteiger partial charge in [0.1, 0.15) is 11.4 Å². The Morgan fingerprint density at radius 3 is 2.70 bits per heavy atom. The van der Waals surface area contributed by atoms with Gasteiger partial charge in [0, 0.05) is 24.7 Å². The summed E-state index contributed by atoms with van der Waals surface area (Å²) in [7, 11) is 1.56. The number of rotatable bonds is 5. The number of methoxy groups -OCH3 is 1. The fraction of sp³-hybridized carbons (Fsp3) is 0.267. The lowest BCUT2D eigenvalue weighted by molar-refractivity contribution is 0.0930. The van der Waals surface area contributed by atoms with Crippen LogP contribution in [-0.4, -0.2) is 23.0 Å². The molecular weight excluding hydrogens is 254 g/mol. The summed E-state index contributed by atoms with van der Waals surface area (Å²) in [5.41, 5.74) is 1.37. The molecule has 0 aliphatic heterocycles. The summed E-state index contributed by atoms with van der Waals surface area (Å²) in [6, 6.07) is 7.06. The molecule has 2 heterocycles. The highest BCUT2D eigenvalue weighted by Crippen LogP contribution is 2.17. The van der Waals surface area contributed by atoms with Crippen LogP contribution in [0.25, 0.3) is 0 Å². The van der Waals surface area contributed by atoms with Crippen molar-refractivity contribution in [2.45, 2.75) is 19.4 Å². The fourth-order valence-corrected chi connectivity index (χ4v) is 1.91. The van der Waals surface area contributed by atoms with E-state index in [2.05, 4.69) is 15.3 Å². The van der Waals surface area contributed by atoms with E-state index in [4.69, 9.17) is 4.74 Å². The molecule has 0 fully saturated rings. The largest absolute Gasteiger partial charge is 0.497 e. The highest BCUT2D eigenvalue weighted by molar-refractivity contribution is 5.92. The van der Waals surface area contributed by atoms with E-state index in [1.165, 1.54) is 0 Å². The number of amides is 1. The van der Waals surface area contributed by atoms with E-state index < -0.39 is 0 Å². The van der Waals surface area contributed by atoms with Gasteiger partial charge in [0.15, 0.2) is 0 Å². The van der Waals surface area contributed by atoms with Crippen molar-refractivity contribution in [1.29, 1.82) is 0 Å². The summed E-state index contributed by atoms with van der Waals surface area (Å²) < 4.78 is 5.09. The molecule has 2 aromatic heterocycles. The predicted molar refractivity (Wildman–Crippen MR) is 75.5 cm³/mol. The number of hydrogen-bond acceptors (Lipinski definition) is 4. The van der Waals surface area contributed by atoms with Gasteiger partial charge in [0.05, 0.1) is 13.2 Å². The Morgan fingerprint density at radius 2 is 2.05 bits per heavy atom. The number of hydrogen-bond donors (Lipinski definition) is 1. The topological polar surface area (TPSA) is 64.1 Å². The molecular formula is C15H17N3O2. The van der Waals surface area contributed by atoms with Crippen molar-refractivity contribution in [3.8, 4) is 5.75 Å². The number of nitrogens with one attached hydrogen (secondary N) is 1. The fourth-order valence-electron chi connectivity index (χ4n) is 1.91. The highest BCUT2D eigenvalue weighted by Gasteiger charge is 2.15. The molecule has 0 radical (unpaired) electrons. The number of carbonyl (C=O) groups is 1. The smallest absolute Gasteiger partial charge is 0.270 e. The molecule has 20 heavy (non-hydrogen) atoms. The molecule has 0 bridgehead atoms. The Balaban J connectivity index is 2.13. The Labute approximate surface area is 118 Å². The van der Waals surface area contributed by atoms with Gasteiger partial charge in [0.2, 0.25) is 0 Å². The third-order valence-corrected chi connectivity index (χ3v) is 3.02. The third kappa shape index (κ3) is 3.32. The van der Waals surface area contributed by atoms with Crippen molar-refractivity contribution in [3.63, 3.8) is 0 Å². The highest BCUT2D eigenvalue weighted by atomic mass is 16.5. The van der Waals surface area contributed by atoms with Crippen LogP contribution in [0.5, 0.6) is 5.75 Å². The molecule has 5 heteroatoms. The van der Waals surface area contributed by atoms with E-state index in [0.717, 1.165) is 12.0 Å². The predicted octanol–water partition coefficient (Wildman–Crippen LogP) is 2.37. The van der Waals surface area contributed by atoms with Gasteiger partial charge in [-0.15, -0.1) is 0 Å². The van der Waals surface area contributed by atoms with Crippen molar-refractivity contribution in [3.05, 3.63) is 54.1 Å². The van der Waals surface area contributed by atoms with Gasteiger partial charge < -0.3 is 10.1 Å². The summed E-state index contributed by atoms with van der Waals surface area (Å²) in [5, 5.41) is 2.97. The minimum atomic E-state index is -0.215. The second-order valence-corrected chi connectivity index (χ2v) is 4.30. The molecule has 1 atom stereocenters. The van der Waals surface area contributed by atoms with E-state index in [1.807, 2.05) is 19.1 Å². The lowest BCUT2D eigenvalue weighted by Crippen LogP contribution is -2.28. The van der Waals surface area contributed by atoms with Crippen molar-refractivity contribution in [2.75, 3.05) is 7.11 Å². The minimum Gasteiger partial charge on any atom is -0.497 e. The van der Waals surface area contributed by atoms with Gasteiger partial charge in [-0.05, 0) is 30.2 Å². The van der Waals surface area contributed by atoms with Gasteiger partial charge in [-0.1, -0.05) is 6.92 Å². The second kappa shape index (κ2) is 6.65. The molecule has 0 aliphatic rings. The molecule has 0 aromatic carbocycles. The molecule has 1 unspecified atom stereocenters. The Kier molecular flexibility index (Phi) is 4.65. The Morgan fingerprint density at radius 1 is 1.30 bits per heavy atom. The molecule has 0 spiro atoms. The van der Waals surface area contributed by atoms with Gasteiger partial charge in [-0.3, -0.25) is 14.8 Å². The lowest BCUT2D eigenvalue weighted by Gasteiger charge is -2.17.